The number of aliphatic imine (C=N–C) groups is 1. The summed E-state index contributed by atoms with van der Waals surface area (Å²) in [7, 11) is 0. The molecule has 14 heavy (non-hydrogen) atoms. The number of amidine groups is 1. The lowest BCUT2D eigenvalue weighted by Gasteiger charge is -2.16. The number of nitriles is 1. The van der Waals surface area contributed by atoms with E-state index in [0.29, 0.717) is 12.4 Å². The van der Waals surface area contributed by atoms with Gasteiger partial charge in [-0.1, -0.05) is 0 Å². The fourth-order valence-corrected chi connectivity index (χ4v) is 1.43. The molecule has 0 amide bonds. The van der Waals surface area contributed by atoms with E-state index in [0.717, 1.165) is 19.4 Å². The van der Waals surface area contributed by atoms with Gasteiger partial charge in [0.25, 0.3) is 0 Å². The van der Waals surface area contributed by atoms with E-state index in [1.165, 1.54) is 0 Å². The molecule has 1 rings (SSSR count). The van der Waals surface area contributed by atoms with Crippen molar-refractivity contribution in [3.63, 3.8) is 0 Å². The molecule has 0 bridgehead atoms. The minimum atomic E-state index is -0.264. The molecule has 0 atom stereocenters. The normalized spacial score (nSPS) is 18.3. The lowest BCUT2D eigenvalue weighted by molar-refractivity contribution is -0.143. The number of carbonyl (C=O) groups is 1. The molecule has 0 N–H and O–H groups in total. The first-order chi connectivity index (χ1) is 6.77. The summed E-state index contributed by atoms with van der Waals surface area (Å²) in [5.74, 6) is 0.431. The Morgan fingerprint density at radius 2 is 2.57 bits per heavy atom. The van der Waals surface area contributed by atoms with Gasteiger partial charge in [-0.05, 0) is 13.3 Å². The second kappa shape index (κ2) is 5.22. The van der Waals surface area contributed by atoms with Gasteiger partial charge in [-0.25, -0.2) is 0 Å². The second-order valence-electron chi connectivity index (χ2n) is 2.96. The molecular weight excluding hydrogens is 182 g/mol. The molecule has 1 fully saturated rings. The predicted molar refractivity (Wildman–Crippen MR) is 50.5 cm³/mol. The van der Waals surface area contributed by atoms with Gasteiger partial charge in [0, 0.05) is 13.0 Å². The van der Waals surface area contributed by atoms with Crippen LogP contribution in [-0.2, 0) is 9.53 Å². The first-order valence-electron chi connectivity index (χ1n) is 4.64. The highest BCUT2D eigenvalue weighted by Crippen LogP contribution is 2.11. The second-order valence-corrected chi connectivity index (χ2v) is 2.96. The van der Waals surface area contributed by atoms with Gasteiger partial charge in [0.15, 0.2) is 0 Å². The average Bonchev–Trinajstić information content (AvgIpc) is 2.54. The summed E-state index contributed by atoms with van der Waals surface area (Å²) >= 11 is 0. The van der Waals surface area contributed by atoms with Crippen molar-refractivity contribution in [1.82, 2.24) is 4.90 Å². The van der Waals surface area contributed by atoms with Gasteiger partial charge >= 0.3 is 5.97 Å². The summed E-state index contributed by atoms with van der Waals surface area (Å²) < 4.78 is 4.81. The minimum Gasteiger partial charge on any atom is -0.465 e. The Bertz CT molecular complexity index is 280. The maximum absolute atomic E-state index is 11.1. The van der Waals surface area contributed by atoms with Crippen LogP contribution in [-0.4, -0.2) is 36.4 Å². The quantitative estimate of drug-likeness (QED) is 0.486. The lowest BCUT2D eigenvalue weighted by Crippen LogP contribution is -2.31. The number of rotatable bonds is 3. The average molecular weight is 195 g/mol. The molecule has 0 aromatic carbocycles. The fourth-order valence-electron chi connectivity index (χ4n) is 1.43. The van der Waals surface area contributed by atoms with Gasteiger partial charge in [-0.15, -0.1) is 0 Å². The highest BCUT2D eigenvalue weighted by molar-refractivity contribution is 5.88. The molecule has 0 saturated carbocycles. The standard InChI is InChI=1S/C9H13N3O2/c1-2-14-9(13)6-12-5-3-4-8(12)11-7-10/h2-6H2,1H3. The first-order valence-corrected chi connectivity index (χ1v) is 4.64. The van der Waals surface area contributed by atoms with Crippen molar-refractivity contribution in [2.24, 2.45) is 4.99 Å². The Morgan fingerprint density at radius 3 is 3.21 bits per heavy atom. The zero-order valence-corrected chi connectivity index (χ0v) is 8.19. The maximum atomic E-state index is 11.1. The van der Waals surface area contributed by atoms with Crippen LogP contribution in [0.2, 0.25) is 0 Å². The van der Waals surface area contributed by atoms with E-state index < -0.39 is 0 Å². The van der Waals surface area contributed by atoms with Crippen LogP contribution in [0.1, 0.15) is 19.8 Å². The van der Waals surface area contributed by atoms with Crippen LogP contribution in [0.5, 0.6) is 0 Å². The van der Waals surface area contributed by atoms with Crippen LogP contribution in [0.3, 0.4) is 0 Å². The van der Waals surface area contributed by atoms with Crippen molar-refractivity contribution in [3.8, 4) is 6.19 Å². The molecular formula is C9H13N3O2. The number of likely N-dealkylation sites (tertiary alicyclic amines) is 1. The molecule has 0 radical (unpaired) electrons. The Balaban J connectivity index is 2.48. The first kappa shape index (κ1) is 10.5. The summed E-state index contributed by atoms with van der Waals surface area (Å²) in [5.41, 5.74) is 0. The van der Waals surface area contributed by atoms with Crippen molar-refractivity contribution in [3.05, 3.63) is 0 Å². The van der Waals surface area contributed by atoms with Crippen LogP contribution in [0.15, 0.2) is 4.99 Å². The third kappa shape index (κ3) is 2.73. The van der Waals surface area contributed by atoms with Crippen LogP contribution in [0.4, 0.5) is 0 Å². The smallest absolute Gasteiger partial charge is 0.325 e. The van der Waals surface area contributed by atoms with Crippen molar-refractivity contribution in [2.45, 2.75) is 19.8 Å². The summed E-state index contributed by atoms with van der Waals surface area (Å²) in [6, 6.07) is 0. The number of carbonyl (C=O) groups excluding carboxylic acids is 1. The fraction of sp³-hybridized carbons (Fsp3) is 0.667. The zero-order chi connectivity index (χ0) is 10.4. The predicted octanol–water partition coefficient (Wildman–Crippen LogP) is 0.525. The molecule has 1 saturated heterocycles. The zero-order valence-electron chi connectivity index (χ0n) is 8.19. The highest BCUT2D eigenvalue weighted by Gasteiger charge is 2.21. The largest absolute Gasteiger partial charge is 0.465 e. The SMILES string of the molecule is CCOC(=O)CN1CCCC1=NC#N. The minimum absolute atomic E-state index is 0.203. The topological polar surface area (TPSA) is 65.7 Å². The molecule has 1 heterocycles. The Labute approximate surface area is 83.0 Å². The summed E-state index contributed by atoms with van der Waals surface area (Å²) in [4.78, 5) is 16.6. The van der Waals surface area contributed by atoms with E-state index in [-0.39, 0.29) is 12.5 Å². The highest BCUT2D eigenvalue weighted by atomic mass is 16.5. The molecule has 0 unspecified atom stereocenters. The van der Waals surface area contributed by atoms with E-state index in [1.807, 2.05) is 0 Å². The van der Waals surface area contributed by atoms with Gasteiger partial charge in [0.05, 0.1) is 6.61 Å². The summed E-state index contributed by atoms with van der Waals surface area (Å²) in [5, 5.41) is 8.40. The molecule has 0 spiro atoms. The number of nitrogens with zero attached hydrogens (tertiary/aromatic N) is 3. The van der Waals surface area contributed by atoms with Gasteiger partial charge < -0.3 is 9.64 Å². The Morgan fingerprint density at radius 1 is 1.79 bits per heavy atom. The Kier molecular flexibility index (Phi) is 3.92. The number of ether oxygens (including phenoxy) is 1. The maximum Gasteiger partial charge on any atom is 0.325 e. The van der Waals surface area contributed by atoms with Gasteiger partial charge in [0.2, 0.25) is 6.19 Å². The molecule has 1 aliphatic heterocycles. The van der Waals surface area contributed by atoms with E-state index in [2.05, 4.69) is 4.99 Å². The number of hydrogen-bond donors (Lipinski definition) is 0. The van der Waals surface area contributed by atoms with E-state index >= 15 is 0 Å². The van der Waals surface area contributed by atoms with Crippen molar-refractivity contribution in [1.29, 1.82) is 5.26 Å². The van der Waals surface area contributed by atoms with E-state index in [9.17, 15) is 4.79 Å². The number of esters is 1. The molecule has 0 aromatic rings. The van der Waals surface area contributed by atoms with Crippen molar-refractivity contribution >= 4 is 11.8 Å². The molecule has 0 aromatic heterocycles. The molecule has 5 nitrogen and oxygen atoms in total. The van der Waals surface area contributed by atoms with Crippen molar-refractivity contribution in [2.75, 3.05) is 19.7 Å². The Hall–Kier alpha value is -1.57. The molecule has 5 heteroatoms. The lowest BCUT2D eigenvalue weighted by atomic mass is 10.4. The van der Waals surface area contributed by atoms with Crippen LogP contribution in [0.25, 0.3) is 0 Å². The number of hydrogen-bond acceptors (Lipinski definition) is 4. The van der Waals surface area contributed by atoms with Gasteiger partial charge in [0.1, 0.15) is 12.4 Å². The van der Waals surface area contributed by atoms with Crippen molar-refractivity contribution < 1.29 is 9.53 Å². The summed E-state index contributed by atoms with van der Waals surface area (Å²) in [6.07, 6.45) is 3.45. The third-order valence-corrected chi connectivity index (χ3v) is 2.00. The molecule has 0 aliphatic carbocycles. The van der Waals surface area contributed by atoms with Gasteiger partial charge in [-0.3, -0.25) is 4.79 Å². The van der Waals surface area contributed by atoms with Crippen LogP contribution >= 0.6 is 0 Å². The molecule has 76 valence electrons. The van der Waals surface area contributed by atoms with E-state index in [1.54, 1.807) is 18.0 Å². The van der Waals surface area contributed by atoms with Crippen LogP contribution in [0, 0.1) is 11.5 Å². The molecule has 1 aliphatic rings. The summed E-state index contributed by atoms with van der Waals surface area (Å²) in [6.45, 7) is 3.14. The van der Waals surface area contributed by atoms with E-state index in [4.69, 9.17) is 10.00 Å². The third-order valence-electron chi connectivity index (χ3n) is 2.00. The van der Waals surface area contributed by atoms with Gasteiger partial charge in [-0.2, -0.15) is 10.3 Å². The van der Waals surface area contributed by atoms with Crippen LogP contribution < -0.4 is 0 Å². The monoisotopic (exact) mass is 195 g/mol.